The second-order valence-corrected chi connectivity index (χ2v) is 8.38. The molecule has 2 N–H and O–H groups in total. The van der Waals surface area contributed by atoms with Gasteiger partial charge in [0, 0.05) is 0 Å². The van der Waals surface area contributed by atoms with Gasteiger partial charge >= 0.3 is 6.09 Å². The maximum Gasteiger partial charge on any atom is 0.408 e. The van der Waals surface area contributed by atoms with Crippen molar-refractivity contribution >= 4 is 16.2 Å². The van der Waals surface area contributed by atoms with Crippen LogP contribution in [-0.2, 0) is 25.6 Å². The fourth-order valence-electron chi connectivity index (χ4n) is 2.79. The molecule has 164 valence electrons. The summed E-state index contributed by atoms with van der Waals surface area (Å²) < 4.78 is 40.4. The van der Waals surface area contributed by atoms with Crippen LogP contribution in [0.1, 0.15) is 25.3 Å². The topological polar surface area (TPSA) is 111 Å². The average Bonchev–Trinajstić information content (AvgIpc) is 2.77. The van der Waals surface area contributed by atoms with Crippen molar-refractivity contribution in [2.45, 2.75) is 36.8 Å². The number of carbonyl (C=O) groups excluding carboxylic acids is 1. The summed E-state index contributed by atoms with van der Waals surface area (Å²) in [6.07, 6.45) is 0.0971. The number of alkyl carbamates (subject to hydrolysis) is 1. The van der Waals surface area contributed by atoms with Gasteiger partial charge in [-0.15, -0.1) is 0 Å². The van der Waals surface area contributed by atoms with E-state index in [0.717, 1.165) is 5.56 Å². The molecular formula is C21H27NO7S. The first-order valence-corrected chi connectivity index (χ1v) is 10.9. The summed E-state index contributed by atoms with van der Waals surface area (Å²) in [6, 6.07) is 14.8. The molecule has 0 bridgehead atoms. The molecule has 0 radical (unpaired) electrons. The molecular weight excluding hydrogens is 410 g/mol. The number of ether oxygens (including phenoxy) is 2. The van der Waals surface area contributed by atoms with Gasteiger partial charge in [-0.2, -0.15) is 8.42 Å². The molecule has 0 aliphatic rings. The van der Waals surface area contributed by atoms with E-state index in [1.54, 1.807) is 0 Å². The van der Waals surface area contributed by atoms with Crippen LogP contribution in [0.3, 0.4) is 0 Å². The van der Waals surface area contributed by atoms with Crippen molar-refractivity contribution in [2.75, 3.05) is 20.3 Å². The Morgan fingerprint density at radius 1 is 1.10 bits per heavy atom. The Morgan fingerprint density at radius 2 is 1.77 bits per heavy atom. The number of amides is 1. The third-order valence-corrected chi connectivity index (χ3v) is 5.73. The second kappa shape index (κ2) is 11.0. The third-order valence-electron chi connectivity index (χ3n) is 4.45. The summed E-state index contributed by atoms with van der Waals surface area (Å²) in [4.78, 5) is 12.2. The number of carbonyl (C=O) groups is 1. The highest BCUT2D eigenvalue weighted by molar-refractivity contribution is 7.86. The highest BCUT2D eigenvalue weighted by Crippen LogP contribution is 2.21. The second-order valence-electron chi connectivity index (χ2n) is 6.77. The largest absolute Gasteiger partial charge is 0.497 e. The molecule has 1 atom stereocenters. The van der Waals surface area contributed by atoms with Crippen LogP contribution in [0, 0.1) is 0 Å². The molecule has 0 spiro atoms. The summed E-state index contributed by atoms with van der Waals surface area (Å²) >= 11 is 0. The van der Waals surface area contributed by atoms with Crippen LogP contribution in [0.5, 0.6) is 5.75 Å². The van der Waals surface area contributed by atoms with E-state index >= 15 is 0 Å². The number of hydrogen-bond donors (Lipinski definition) is 2. The van der Waals surface area contributed by atoms with E-state index in [9.17, 15) is 18.3 Å². The lowest BCUT2D eigenvalue weighted by Crippen LogP contribution is -2.55. The lowest BCUT2D eigenvalue weighted by atomic mass is 9.96. The maximum absolute atomic E-state index is 12.5. The number of hydrogen-bond acceptors (Lipinski definition) is 7. The molecule has 8 nitrogen and oxygen atoms in total. The Morgan fingerprint density at radius 3 is 2.33 bits per heavy atom. The molecule has 2 aromatic carbocycles. The van der Waals surface area contributed by atoms with Crippen molar-refractivity contribution in [3.05, 3.63) is 60.2 Å². The fraction of sp³-hybridized carbons (Fsp3) is 0.381. The van der Waals surface area contributed by atoms with Crippen LogP contribution < -0.4 is 10.1 Å². The molecule has 0 fully saturated rings. The molecule has 2 aromatic rings. The Kier molecular flexibility index (Phi) is 8.64. The van der Waals surface area contributed by atoms with Crippen LogP contribution >= 0.6 is 0 Å². The molecule has 30 heavy (non-hydrogen) atoms. The molecule has 0 aliphatic heterocycles. The van der Waals surface area contributed by atoms with E-state index in [-0.39, 0.29) is 11.5 Å². The van der Waals surface area contributed by atoms with Crippen molar-refractivity contribution in [1.82, 2.24) is 5.32 Å². The minimum atomic E-state index is -4.10. The zero-order chi connectivity index (χ0) is 22.0. The number of aliphatic hydroxyl groups excluding tert-OH is 1. The van der Waals surface area contributed by atoms with Gasteiger partial charge in [0.1, 0.15) is 12.4 Å². The summed E-state index contributed by atoms with van der Waals surface area (Å²) in [7, 11) is -2.62. The van der Waals surface area contributed by atoms with E-state index in [1.807, 2.05) is 37.3 Å². The van der Waals surface area contributed by atoms with Crippen LogP contribution in [-0.4, -0.2) is 45.5 Å². The highest BCUT2D eigenvalue weighted by atomic mass is 32.2. The van der Waals surface area contributed by atoms with E-state index in [1.165, 1.54) is 31.4 Å². The van der Waals surface area contributed by atoms with Crippen LogP contribution in [0.4, 0.5) is 4.79 Å². The summed E-state index contributed by atoms with van der Waals surface area (Å²) in [5, 5.41) is 12.5. The Balaban J connectivity index is 2.04. The highest BCUT2D eigenvalue weighted by Gasteiger charge is 2.34. The first-order valence-electron chi connectivity index (χ1n) is 9.47. The first-order chi connectivity index (χ1) is 14.3. The predicted molar refractivity (Wildman–Crippen MR) is 111 cm³/mol. The molecule has 9 heteroatoms. The maximum atomic E-state index is 12.5. The van der Waals surface area contributed by atoms with E-state index < -0.39 is 35.0 Å². The monoisotopic (exact) mass is 437 g/mol. The Bertz CT molecular complexity index is 901. The average molecular weight is 438 g/mol. The van der Waals surface area contributed by atoms with Crippen LogP contribution in [0.15, 0.2) is 59.5 Å². The van der Waals surface area contributed by atoms with Crippen molar-refractivity contribution in [2.24, 2.45) is 0 Å². The Labute approximate surface area is 176 Å². The van der Waals surface area contributed by atoms with Gasteiger partial charge < -0.3 is 19.9 Å². The van der Waals surface area contributed by atoms with E-state index in [2.05, 4.69) is 5.32 Å². The van der Waals surface area contributed by atoms with E-state index in [0.29, 0.717) is 18.6 Å². The van der Waals surface area contributed by atoms with Crippen molar-refractivity contribution in [1.29, 1.82) is 0 Å². The number of benzene rings is 2. The van der Waals surface area contributed by atoms with Gasteiger partial charge in [-0.25, -0.2) is 4.79 Å². The van der Waals surface area contributed by atoms with Crippen LogP contribution in [0.2, 0.25) is 0 Å². The molecule has 0 saturated heterocycles. The molecule has 0 heterocycles. The van der Waals surface area contributed by atoms with Gasteiger partial charge in [0.15, 0.2) is 0 Å². The normalized spacial score (nSPS) is 13.3. The van der Waals surface area contributed by atoms with Gasteiger partial charge in [-0.3, -0.25) is 4.18 Å². The summed E-state index contributed by atoms with van der Waals surface area (Å²) in [5.74, 6) is 0.507. The van der Waals surface area contributed by atoms with Crippen molar-refractivity contribution < 1.29 is 32.0 Å². The standard InChI is InChI=1S/C21H27NO7S/c1-3-13-21(15-23,22-20(24)28-14-17-7-5-4-6-8-17)16-29-30(25,26)19-11-9-18(27-2)10-12-19/h4-12,23H,3,13-16H2,1-2H3,(H,22,24)/t21-/m1/s1. The fourth-order valence-corrected chi connectivity index (χ4v) is 3.78. The minimum absolute atomic E-state index is 0.0469. The number of rotatable bonds is 11. The molecule has 0 saturated carbocycles. The predicted octanol–water partition coefficient (Wildman–Crippen LogP) is 2.86. The SMILES string of the molecule is CCC[C@@](CO)(COS(=O)(=O)c1ccc(OC)cc1)NC(=O)OCc1ccccc1. The zero-order valence-electron chi connectivity index (χ0n) is 17.0. The number of nitrogens with one attached hydrogen (secondary N) is 1. The molecule has 0 unspecified atom stereocenters. The van der Waals surface area contributed by atoms with Gasteiger partial charge in [0.05, 0.1) is 30.8 Å². The Hall–Kier alpha value is -2.62. The van der Waals surface area contributed by atoms with Gasteiger partial charge in [-0.05, 0) is 36.2 Å². The number of aliphatic hydroxyl groups is 1. The quantitative estimate of drug-likeness (QED) is 0.520. The van der Waals surface area contributed by atoms with Gasteiger partial charge in [-0.1, -0.05) is 43.7 Å². The molecule has 2 rings (SSSR count). The lowest BCUT2D eigenvalue weighted by molar-refractivity contribution is 0.0759. The molecule has 0 aromatic heterocycles. The number of methoxy groups -OCH3 is 1. The van der Waals surface area contributed by atoms with Crippen molar-refractivity contribution in [3.63, 3.8) is 0 Å². The molecule has 1 amide bonds. The first kappa shape index (κ1) is 23.7. The van der Waals surface area contributed by atoms with Crippen LogP contribution in [0.25, 0.3) is 0 Å². The lowest BCUT2D eigenvalue weighted by Gasteiger charge is -2.31. The van der Waals surface area contributed by atoms with E-state index in [4.69, 9.17) is 13.7 Å². The van der Waals surface area contributed by atoms with Gasteiger partial charge in [0.2, 0.25) is 0 Å². The molecule has 0 aliphatic carbocycles. The third kappa shape index (κ3) is 6.72. The van der Waals surface area contributed by atoms with Gasteiger partial charge in [0.25, 0.3) is 10.1 Å². The smallest absolute Gasteiger partial charge is 0.408 e. The minimum Gasteiger partial charge on any atom is -0.497 e. The summed E-state index contributed by atoms with van der Waals surface area (Å²) in [5.41, 5.74) is -0.502. The van der Waals surface area contributed by atoms with Crippen molar-refractivity contribution in [3.8, 4) is 5.75 Å². The zero-order valence-corrected chi connectivity index (χ0v) is 17.9. The summed E-state index contributed by atoms with van der Waals surface area (Å²) in [6.45, 7) is 0.941.